The van der Waals surface area contributed by atoms with Crippen LogP contribution in [-0.2, 0) is 19.9 Å². The number of aromatic nitrogens is 5. The lowest BCUT2D eigenvalue weighted by Crippen LogP contribution is -2.38. The van der Waals surface area contributed by atoms with Gasteiger partial charge in [-0.1, -0.05) is 20.3 Å². The molecule has 0 aromatic carbocycles. The van der Waals surface area contributed by atoms with E-state index in [1.165, 1.54) is 18.8 Å². The fourth-order valence-corrected chi connectivity index (χ4v) is 5.76. The van der Waals surface area contributed by atoms with Gasteiger partial charge in [0.2, 0.25) is 25.0 Å². The number of rotatable bonds is 5. The van der Waals surface area contributed by atoms with Crippen molar-refractivity contribution >= 4 is 36.8 Å². The summed E-state index contributed by atoms with van der Waals surface area (Å²) in [5.74, 6) is 0.573. The predicted octanol–water partition coefficient (Wildman–Crippen LogP) is 1.86. The summed E-state index contributed by atoms with van der Waals surface area (Å²) in [7, 11) is -6.44. The smallest absolute Gasteiger partial charge is 0.248 e. The van der Waals surface area contributed by atoms with E-state index in [0.717, 1.165) is 32.2 Å². The second-order valence-electron chi connectivity index (χ2n) is 8.32. The molecule has 0 bridgehead atoms. The average Bonchev–Trinajstić information content (AvgIpc) is 3.21. The molecule has 13 heteroatoms. The third-order valence-corrected chi connectivity index (χ3v) is 8.02. The Kier molecular flexibility index (Phi) is 7.65. The average molecular weight is 496 g/mol. The number of nitrogens with two attached hydrogens (primary N) is 1. The van der Waals surface area contributed by atoms with Crippen LogP contribution in [0.4, 0.5) is 5.82 Å². The van der Waals surface area contributed by atoms with Crippen molar-refractivity contribution < 1.29 is 16.8 Å². The van der Waals surface area contributed by atoms with E-state index in [4.69, 9.17) is 5.73 Å². The van der Waals surface area contributed by atoms with Gasteiger partial charge >= 0.3 is 0 Å². The van der Waals surface area contributed by atoms with Gasteiger partial charge in [-0.25, -0.2) is 41.1 Å². The molecule has 1 fully saturated rings. The maximum absolute atomic E-state index is 11.7. The Bertz CT molecular complexity index is 1320. The topological polar surface area (TPSA) is 165 Å². The Labute approximate surface area is 193 Å². The van der Waals surface area contributed by atoms with E-state index in [-0.39, 0.29) is 16.9 Å². The summed E-state index contributed by atoms with van der Waals surface area (Å²) < 4.78 is 47.8. The molecule has 0 amide bonds. The Morgan fingerprint density at radius 2 is 1.76 bits per heavy atom. The molecule has 4 heterocycles. The van der Waals surface area contributed by atoms with Crippen LogP contribution in [0.2, 0.25) is 0 Å². The van der Waals surface area contributed by atoms with Crippen molar-refractivity contribution in [1.82, 2.24) is 29.2 Å². The number of H-pyrrole nitrogens is 1. The number of anilines is 1. The minimum atomic E-state index is -3.49. The zero-order valence-electron chi connectivity index (χ0n) is 18.9. The predicted molar refractivity (Wildman–Crippen MR) is 126 cm³/mol. The van der Waals surface area contributed by atoms with Crippen LogP contribution in [0.5, 0.6) is 0 Å². The monoisotopic (exact) mass is 495 g/mol. The molecule has 0 atom stereocenters. The van der Waals surface area contributed by atoms with Crippen LogP contribution in [0.15, 0.2) is 29.8 Å². The summed E-state index contributed by atoms with van der Waals surface area (Å²) in [5.41, 5.74) is 8.03. The molecule has 0 unspecified atom stereocenters. The highest BCUT2D eigenvalue weighted by Gasteiger charge is 2.24. The summed E-state index contributed by atoms with van der Waals surface area (Å²) in [5, 5.41) is -0.311. The molecular formula is C20H29N7O4S2. The Morgan fingerprint density at radius 3 is 2.36 bits per heavy atom. The van der Waals surface area contributed by atoms with Crippen LogP contribution in [0.1, 0.15) is 33.1 Å². The van der Waals surface area contributed by atoms with Gasteiger partial charge in [0, 0.05) is 31.7 Å². The summed E-state index contributed by atoms with van der Waals surface area (Å²) in [4.78, 5) is 19.1. The number of piperidine rings is 1. The van der Waals surface area contributed by atoms with Crippen LogP contribution in [0.3, 0.4) is 0 Å². The van der Waals surface area contributed by atoms with Crippen LogP contribution in [-0.4, -0.2) is 71.2 Å². The summed E-state index contributed by atoms with van der Waals surface area (Å²) in [6.07, 6.45) is 8.83. The molecule has 0 radical (unpaired) electrons. The first-order chi connectivity index (χ1) is 15.5. The molecule has 0 spiro atoms. The van der Waals surface area contributed by atoms with Crippen molar-refractivity contribution in [3.63, 3.8) is 0 Å². The minimum absolute atomic E-state index is 0.0459. The molecule has 4 rings (SSSR count). The van der Waals surface area contributed by atoms with Gasteiger partial charge in [-0.3, -0.25) is 0 Å². The van der Waals surface area contributed by atoms with Gasteiger partial charge in [0.25, 0.3) is 0 Å². The zero-order chi connectivity index (χ0) is 24.2. The lowest BCUT2D eigenvalue weighted by atomic mass is 10.2. The number of hydrogen-bond donors (Lipinski definition) is 2. The van der Waals surface area contributed by atoms with E-state index in [0.29, 0.717) is 28.2 Å². The maximum Gasteiger partial charge on any atom is 0.248 e. The van der Waals surface area contributed by atoms with E-state index < -0.39 is 19.9 Å². The van der Waals surface area contributed by atoms with Crippen molar-refractivity contribution in [2.24, 2.45) is 5.92 Å². The first-order valence-corrected chi connectivity index (χ1v) is 14.1. The van der Waals surface area contributed by atoms with Gasteiger partial charge in [0.1, 0.15) is 11.3 Å². The standard InChI is InChI=1S/C11H10N6O2S.C9H19NO2S/c1-20(18,19)11-15-4-6(9(12)17-11)8-5-14-10-7(16-8)2-3-13-10;1-9(2)8-13(11,12)10-6-4-3-5-7-10/h2-5H,1H3,(H,13,14)(H2,12,15,17);9H,3-8H2,1-2H3. The van der Waals surface area contributed by atoms with Gasteiger partial charge in [-0.05, 0) is 24.8 Å². The molecule has 11 nitrogen and oxygen atoms in total. The molecule has 0 aliphatic carbocycles. The number of nitrogens with zero attached hydrogens (tertiary/aromatic N) is 5. The van der Waals surface area contributed by atoms with Crippen LogP contribution in [0.25, 0.3) is 22.4 Å². The van der Waals surface area contributed by atoms with Crippen molar-refractivity contribution in [3.8, 4) is 11.3 Å². The molecule has 1 saturated heterocycles. The molecular weight excluding hydrogens is 466 g/mol. The maximum atomic E-state index is 11.7. The van der Waals surface area contributed by atoms with E-state index in [1.54, 1.807) is 16.6 Å². The SMILES string of the molecule is CC(C)CS(=O)(=O)N1CCCCC1.CS(=O)(=O)c1ncc(-c2cnc3[nH]ccc3n2)c(N)n1. The van der Waals surface area contributed by atoms with E-state index in [2.05, 4.69) is 24.9 Å². The van der Waals surface area contributed by atoms with Gasteiger partial charge in [-0.2, -0.15) is 0 Å². The second-order valence-corrected chi connectivity index (χ2v) is 12.2. The number of fused-ring (bicyclic) bond motifs is 1. The first kappa shape index (κ1) is 25.0. The van der Waals surface area contributed by atoms with Crippen LogP contribution < -0.4 is 5.73 Å². The largest absolute Gasteiger partial charge is 0.383 e. The number of nitrogen functional groups attached to an aromatic ring is 1. The Hall–Kier alpha value is -2.64. The Morgan fingerprint density at radius 1 is 1.06 bits per heavy atom. The van der Waals surface area contributed by atoms with Crippen molar-refractivity contribution in [1.29, 1.82) is 0 Å². The molecule has 1 aliphatic rings. The van der Waals surface area contributed by atoms with E-state index in [9.17, 15) is 16.8 Å². The number of sulfonamides is 1. The molecule has 33 heavy (non-hydrogen) atoms. The van der Waals surface area contributed by atoms with Crippen LogP contribution >= 0.6 is 0 Å². The third-order valence-electron chi connectivity index (χ3n) is 4.92. The lowest BCUT2D eigenvalue weighted by molar-refractivity contribution is 0.344. The lowest BCUT2D eigenvalue weighted by Gasteiger charge is -2.26. The van der Waals surface area contributed by atoms with E-state index >= 15 is 0 Å². The van der Waals surface area contributed by atoms with Crippen molar-refractivity contribution in [3.05, 3.63) is 24.7 Å². The van der Waals surface area contributed by atoms with E-state index in [1.807, 2.05) is 13.8 Å². The minimum Gasteiger partial charge on any atom is -0.383 e. The highest BCUT2D eigenvalue weighted by atomic mass is 32.2. The van der Waals surface area contributed by atoms with Crippen molar-refractivity contribution in [2.75, 3.05) is 30.8 Å². The van der Waals surface area contributed by atoms with Crippen molar-refractivity contribution in [2.45, 2.75) is 38.3 Å². The fourth-order valence-electron chi connectivity index (χ4n) is 3.38. The van der Waals surface area contributed by atoms with Gasteiger partial charge < -0.3 is 10.7 Å². The molecule has 3 aromatic heterocycles. The number of sulfone groups is 1. The molecule has 0 saturated carbocycles. The van der Waals surface area contributed by atoms with Gasteiger partial charge in [0.05, 0.1) is 23.2 Å². The zero-order valence-corrected chi connectivity index (χ0v) is 20.5. The second kappa shape index (κ2) is 10.1. The number of hydrogen-bond acceptors (Lipinski definition) is 9. The molecule has 3 N–H and O–H groups in total. The number of aromatic amines is 1. The quantitative estimate of drug-likeness (QED) is 0.502. The third kappa shape index (κ3) is 6.45. The highest BCUT2D eigenvalue weighted by Crippen LogP contribution is 2.23. The molecule has 3 aromatic rings. The summed E-state index contributed by atoms with van der Waals surface area (Å²) in [6, 6.07) is 1.77. The molecule has 1 aliphatic heterocycles. The Balaban J connectivity index is 0.000000205. The molecule has 180 valence electrons. The normalized spacial score (nSPS) is 15.4. The number of nitrogens with one attached hydrogen (secondary N) is 1. The highest BCUT2D eigenvalue weighted by molar-refractivity contribution is 7.90. The van der Waals surface area contributed by atoms with Gasteiger partial charge in [0.15, 0.2) is 5.65 Å². The van der Waals surface area contributed by atoms with Crippen LogP contribution in [0, 0.1) is 5.92 Å². The van der Waals surface area contributed by atoms with Gasteiger partial charge in [-0.15, -0.1) is 0 Å². The fraction of sp³-hybridized carbons (Fsp3) is 0.500. The first-order valence-electron chi connectivity index (χ1n) is 10.6. The summed E-state index contributed by atoms with van der Waals surface area (Å²) in [6.45, 7) is 5.35. The summed E-state index contributed by atoms with van der Waals surface area (Å²) >= 11 is 0.